The van der Waals surface area contributed by atoms with E-state index in [1.807, 2.05) is 35.7 Å². The fourth-order valence-corrected chi connectivity index (χ4v) is 2.47. The van der Waals surface area contributed by atoms with Gasteiger partial charge in [-0.3, -0.25) is 4.79 Å². The number of imidazole rings is 1. The van der Waals surface area contributed by atoms with Gasteiger partial charge in [0.1, 0.15) is 11.4 Å². The van der Waals surface area contributed by atoms with Crippen molar-refractivity contribution in [1.29, 1.82) is 0 Å². The molecule has 2 heterocycles. The number of nitrogens with zero attached hydrogens (tertiary/aromatic N) is 2. The van der Waals surface area contributed by atoms with Crippen LogP contribution in [0.25, 0.3) is 5.65 Å². The number of pyridine rings is 1. The van der Waals surface area contributed by atoms with Gasteiger partial charge in [0, 0.05) is 12.4 Å². The molecular weight excluding hydrogens is 314 g/mol. The Labute approximate surface area is 138 Å². The van der Waals surface area contributed by atoms with Gasteiger partial charge in [-0.15, -0.1) is 0 Å². The fraction of sp³-hybridized carbons (Fsp3) is 0.176. The van der Waals surface area contributed by atoms with Gasteiger partial charge in [0.05, 0.1) is 29.4 Å². The minimum Gasteiger partial charge on any atom is -0.493 e. The minimum atomic E-state index is -0.191. The van der Waals surface area contributed by atoms with Crippen LogP contribution in [0.5, 0.6) is 5.75 Å². The smallest absolute Gasteiger partial charge is 0.255 e. The van der Waals surface area contributed by atoms with Crippen LogP contribution in [-0.4, -0.2) is 21.9 Å². The van der Waals surface area contributed by atoms with Crippen LogP contribution in [0.1, 0.15) is 23.0 Å². The quantitative estimate of drug-likeness (QED) is 0.781. The molecule has 3 aromatic rings. The highest BCUT2D eigenvalue weighted by Gasteiger charge is 2.12. The predicted molar refractivity (Wildman–Crippen MR) is 89.0 cm³/mol. The predicted octanol–water partition coefficient (Wildman–Crippen LogP) is 3.32. The second-order valence-corrected chi connectivity index (χ2v) is 5.39. The fourth-order valence-electron chi connectivity index (χ4n) is 2.30. The maximum atomic E-state index is 12.3. The molecule has 0 aliphatic rings. The molecule has 0 radical (unpaired) electrons. The van der Waals surface area contributed by atoms with Crippen molar-refractivity contribution in [1.82, 2.24) is 14.7 Å². The van der Waals surface area contributed by atoms with E-state index < -0.39 is 0 Å². The summed E-state index contributed by atoms with van der Waals surface area (Å²) in [5.74, 6) is 0.387. The van der Waals surface area contributed by atoms with Crippen molar-refractivity contribution < 1.29 is 9.53 Å². The minimum absolute atomic E-state index is 0.191. The molecule has 1 amide bonds. The van der Waals surface area contributed by atoms with Crippen LogP contribution in [0, 0.1) is 0 Å². The molecule has 23 heavy (non-hydrogen) atoms. The summed E-state index contributed by atoms with van der Waals surface area (Å²) in [4.78, 5) is 16.8. The summed E-state index contributed by atoms with van der Waals surface area (Å²) in [6.07, 6.45) is 3.62. The van der Waals surface area contributed by atoms with Crippen molar-refractivity contribution in [2.24, 2.45) is 0 Å². The Balaban J connectivity index is 1.73. The summed E-state index contributed by atoms with van der Waals surface area (Å²) in [5.41, 5.74) is 2.06. The highest BCUT2D eigenvalue weighted by atomic mass is 35.5. The largest absolute Gasteiger partial charge is 0.493 e. The second-order valence-electron chi connectivity index (χ2n) is 4.96. The third kappa shape index (κ3) is 3.46. The number of hydrogen-bond donors (Lipinski definition) is 1. The molecule has 0 fully saturated rings. The number of rotatable bonds is 5. The SMILES string of the molecule is CCOc1ccccc1C(=O)NCc1cn2cc(Cl)ccc2n1. The third-order valence-electron chi connectivity index (χ3n) is 3.33. The van der Waals surface area contributed by atoms with E-state index >= 15 is 0 Å². The average Bonchev–Trinajstić information content (AvgIpc) is 2.95. The summed E-state index contributed by atoms with van der Waals surface area (Å²) < 4.78 is 7.31. The molecule has 1 aromatic carbocycles. The highest BCUT2D eigenvalue weighted by Crippen LogP contribution is 2.18. The van der Waals surface area contributed by atoms with Crippen LogP contribution in [0.2, 0.25) is 5.02 Å². The Hall–Kier alpha value is -2.53. The monoisotopic (exact) mass is 329 g/mol. The summed E-state index contributed by atoms with van der Waals surface area (Å²) in [6, 6.07) is 10.8. The highest BCUT2D eigenvalue weighted by molar-refractivity contribution is 6.30. The van der Waals surface area contributed by atoms with Crippen LogP contribution in [0.3, 0.4) is 0 Å². The van der Waals surface area contributed by atoms with E-state index in [9.17, 15) is 4.79 Å². The van der Waals surface area contributed by atoms with Crippen molar-refractivity contribution in [2.45, 2.75) is 13.5 Å². The summed E-state index contributed by atoms with van der Waals surface area (Å²) in [5, 5.41) is 3.50. The molecule has 118 valence electrons. The first-order chi connectivity index (χ1) is 11.2. The third-order valence-corrected chi connectivity index (χ3v) is 3.55. The van der Waals surface area contributed by atoms with Gasteiger partial charge in [0.25, 0.3) is 5.91 Å². The van der Waals surface area contributed by atoms with E-state index in [1.54, 1.807) is 24.4 Å². The Morgan fingerprint density at radius 1 is 1.26 bits per heavy atom. The molecule has 1 N–H and O–H groups in total. The molecule has 0 atom stereocenters. The normalized spacial score (nSPS) is 10.7. The van der Waals surface area contributed by atoms with Gasteiger partial charge in [0.2, 0.25) is 0 Å². The van der Waals surface area contributed by atoms with Crippen LogP contribution in [0.4, 0.5) is 0 Å². The number of aromatic nitrogens is 2. The maximum absolute atomic E-state index is 12.3. The van der Waals surface area contributed by atoms with Gasteiger partial charge in [-0.2, -0.15) is 0 Å². The number of benzene rings is 1. The Morgan fingerprint density at radius 3 is 2.91 bits per heavy atom. The standard InChI is InChI=1S/C17H16ClN3O2/c1-2-23-15-6-4-3-5-14(15)17(22)19-9-13-11-21-10-12(18)7-8-16(21)20-13/h3-8,10-11H,2,9H2,1H3,(H,19,22). The first-order valence-electron chi connectivity index (χ1n) is 7.30. The molecule has 0 aliphatic heterocycles. The van der Waals surface area contributed by atoms with Gasteiger partial charge in [-0.05, 0) is 31.2 Å². The number of nitrogens with one attached hydrogen (secondary N) is 1. The first-order valence-corrected chi connectivity index (χ1v) is 7.68. The Kier molecular flexibility index (Phi) is 4.48. The molecule has 5 nitrogen and oxygen atoms in total. The summed E-state index contributed by atoms with van der Waals surface area (Å²) >= 11 is 5.95. The topological polar surface area (TPSA) is 55.6 Å². The van der Waals surface area contributed by atoms with E-state index in [0.717, 1.165) is 11.3 Å². The molecule has 0 spiro atoms. The summed E-state index contributed by atoms with van der Waals surface area (Å²) in [6.45, 7) is 2.73. The maximum Gasteiger partial charge on any atom is 0.255 e. The molecule has 0 saturated carbocycles. The summed E-state index contributed by atoms with van der Waals surface area (Å²) in [7, 11) is 0. The van der Waals surface area contributed by atoms with Crippen LogP contribution in [-0.2, 0) is 6.54 Å². The zero-order valence-corrected chi connectivity index (χ0v) is 13.4. The molecular formula is C17H16ClN3O2. The lowest BCUT2D eigenvalue weighted by atomic mass is 10.2. The van der Waals surface area contributed by atoms with Crippen molar-refractivity contribution in [3.05, 3.63) is 65.1 Å². The number of fused-ring (bicyclic) bond motifs is 1. The number of halogens is 1. The lowest BCUT2D eigenvalue weighted by Crippen LogP contribution is -2.23. The zero-order chi connectivity index (χ0) is 16.2. The lowest BCUT2D eigenvalue weighted by Gasteiger charge is -2.09. The first kappa shape index (κ1) is 15.4. The van der Waals surface area contributed by atoms with Crippen molar-refractivity contribution in [3.63, 3.8) is 0 Å². The number of para-hydroxylation sites is 1. The molecule has 0 bridgehead atoms. The van der Waals surface area contributed by atoms with Crippen LogP contribution >= 0.6 is 11.6 Å². The van der Waals surface area contributed by atoms with E-state index in [1.165, 1.54) is 0 Å². The number of amides is 1. The van der Waals surface area contributed by atoms with Crippen molar-refractivity contribution >= 4 is 23.2 Å². The van der Waals surface area contributed by atoms with Gasteiger partial charge in [0.15, 0.2) is 0 Å². The second kappa shape index (κ2) is 6.71. The van der Waals surface area contributed by atoms with Gasteiger partial charge >= 0.3 is 0 Å². The lowest BCUT2D eigenvalue weighted by molar-refractivity contribution is 0.0946. The molecule has 3 rings (SSSR count). The molecule has 2 aromatic heterocycles. The molecule has 0 saturated heterocycles. The van der Waals surface area contributed by atoms with Crippen molar-refractivity contribution in [2.75, 3.05) is 6.61 Å². The van der Waals surface area contributed by atoms with Gasteiger partial charge < -0.3 is 14.5 Å². The van der Waals surface area contributed by atoms with Crippen molar-refractivity contribution in [3.8, 4) is 5.75 Å². The van der Waals surface area contributed by atoms with E-state index in [4.69, 9.17) is 16.3 Å². The number of carbonyl (C=O) groups is 1. The van der Waals surface area contributed by atoms with E-state index in [2.05, 4.69) is 10.3 Å². The Bertz CT molecular complexity index is 845. The van der Waals surface area contributed by atoms with Crippen LogP contribution < -0.4 is 10.1 Å². The van der Waals surface area contributed by atoms with Gasteiger partial charge in [-0.25, -0.2) is 4.98 Å². The molecule has 6 heteroatoms. The average molecular weight is 330 g/mol. The number of ether oxygens (including phenoxy) is 1. The van der Waals surface area contributed by atoms with Crippen LogP contribution in [0.15, 0.2) is 48.8 Å². The van der Waals surface area contributed by atoms with Gasteiger partial charge in [-0.1, -0.05) is 23.7 Å². The van der Waals surface area contributed by atoms with E-state index in [-0.39, 0.29) is 5.91 Å². The van der Waals surface area contributed by atoms with E-state index in [0.29, 0.717) is 29.5 Å². The molecule has 0 aliphatic carbocycles. The Morgan fingerprint density at radius 2 is 2.09 bits per heavy atom. The number of carbonyl (C=O) groups excluding carboxylic acids is 1. The molecule has 0 unspecified atom stereocenters. The zero-order valence-electron chi connectivity index (χ0n) is 12.6. The number of hydrogen-bond acceptors (Lipinski definition) is 3.